The first kappa shape index (κ1) is 6.87. The fourth-order valence-electron chi connectivity index (χ4n) is 0.731. The van der Waals surface area contributed by atoms with E-state index in [1.54, 1.807) is 6.26 Å². The van der Waals surface area contributed by atoms with Crippen molar-refractivity contribution >= 4 is 15.9 Å². The van der Waals surface area contributed by atoms with E-state index in [0.717, 1.165) is 23.1 Å². The Morgan fingerprint density at radius 1 is 1.67 bits per heavy atom. The maximum Gasteiger partial charge on any atom is 0.117 e. The zero-order valence-corrected chi connectivity index (χ0v) is 6.94. The van der Waals surface area contributed by atoms with E-state index < -0.39 is 0 Å². The Labute approximate surface area is 63.2 Å². The van der Waals surface area contributed by atoms with Crippen molar-refractivity contribution in [2.75, 3.05) is 0 Å². The maximum atomic E-state index is 5.16. The third kappa shape index (κ3) is 1.58. The van der Waals surface area contributed by atoms with Crippen molar-refractivity contribution in [3.05, 3.63) is 22.6 Å². The fourth-order valence-corrected chi connectivity index (χ4v) is 1.13. The first-order valence-electron chi connectivity index (χ1n) is 3.06. The monoisotopic (exact) mass is 188 g/mol. The van der Waals surface area contributed by atoms with Crippen molar-refractivity contribution in [1.82, 2.24) is 0 Å². The summed E-state index contributed by atoms with van der Waals surface area (Å²) < 4.78 is 6.25. The molecule has 0 aliphatic carbocycles. The van der Waals surface area contributed by atoms with Gasteiger partial charge in [-0.3, -0.25) is 0 Å². The van der Waals surface area contributed by atoms with Gasteiger partial charge in [0.1, 0.15) is 5.76 Å². The van der Waals surface area contributed by atoms with Gasteiger partial charge >= 0.3 is 0 Å². The summed E-state index contributed by atoms with van der Waals surface area (Å²) in [4.78, 5) is 0. The van der Waals surface area contributed by atoms with E-state index in [0.29, 0.717) is 0 Å². The second kappa shape index (κ2) is 3.06. The van der Waals surface area contributed by atoms with Gasteiger partial charge in [-0.05, 0) is 28.4 Å². The van der Waals surface area contributed by atoms with Crippen LogP contribution in [-0.4, -0.2) is 0 Å². The zero-order valence-electron chi connectivity index (χ0n) is 5.36. The SMILES string of the molecule is CCCc1occc1Br. The molecule has 0 saturated carbocycles. The number of hydrogen-bond donors (Lipinski definition) is 0. The summed E-state index contributed by atoms with van der Waals surface area (Å²) in [6, 6.07) is 1.92. The van der Waals surface area contributed by atoms with Crippen LogP contribution in [0.4, 0.5) is 0 Å². The van der Waals surface area contributed by atoms with Gasteiger partial charge in [-0.25, -0.2) is 0 Å². The fraction of sp³-hybridized carbons (Fsp3) is 0.429. The molecule has 0 radical (unpaired) electrons. The molecular weight excluding hydrogens is 180 g/mol. The predicted octanol–water partition coefficient (Wildman–Crippen LogP) is 2.99. The molecular formula is C7H9BrO. The molecule has 0 bridgehead atoms. The van der Waals surface area contributed by atoms with E-state index in [2.05, 4.69) is 22.9 Å². The minimum atomic E-state index is 1.02. The topological polar surface area (TPSA) is 13.1 Å². The van der Waals surface area contributed by atoms with Gasteiger partial charge in [0.05, 0.1) is 10.7 Å². The highest BCUT2D eigenvalue weighted by Gasteiger charge is 1.99. The molecule has 0 aromatic carbocycles. The molecule has 0 atom stereocenters. The molecule has 0 fully saturated rings. The molecule has 2 heteroatoms. The van der Waals surface area contributed by atoms with Gasteiger partial charge in [0.25, 0.3) is 0 Å². The number of rotatable bonds is 2. The molecule has 0 unspecified atom stereocenters. The molecule has 1 heterocycles. The molecule has 0 saturated heterocycles. The molecule has 0 amide bonds. The van der Waals surface area contributed by atoms with Gasteiger partial charge in [0, 0.05) is 6.42 Å². The molecule has 0 aliphatic heterocycles. The molecule has 1 aromatic rings. The molecule has 9 heavy (non-hydrogen) atoms. The lowest BCUT2D eigenvalue weighted by Crippen LogP contribution is -1.77. The highest BCUT2D eigenvalue weighted by atomic mass is 79.9. The highest BCUT2D eigenvalue weighted by Crippen LogP contribution is 2.18. The van der Waals surface area contributed by atoms with Crippen LogP contribution in [0.3, 0.4) is 0 Å². The standard InChI is InChI=1S/C7H9BrO/c1-2-3-7-6(8)4-5-9-7/h4-5H,2-3H2,1H3. The predicted molar refractivity (Wildman–Crippen MR) is 40.4 cm³/mol. The molecule has 0 N–H and O–H groups in total. The Bertz CT molecular complexity index is 181. The Morgan fingerprint density at radius 3 is 2.89 bits per heavy atom. The summed E-state index contributed by atoms with van der Waals surface area (Å²) in [6.45, 7) is 2.13. The minimum Gasteiger partial charge on any atom is -0.468 e. The van der Waals surface area contributed by atoms with Crippen LogP contribution in [0, 0.1) is 0 Å². The van der Waals surface area contributed by atoms with E-state index in [4.69, 9.17) is 4.42 Å². The van der Waals surface area contributed by atoms with Gasteiger partial charge in [-0.15, -0.1) is 0 Å². The lowest BCUT2D eigenvalue weighted by atomic mass is 10.3. The van der Waals surface area contributed by atoms with Gasteiger partial charge in [-0.2, -0.15) is 0 Å². The number of aryl methyl sites for hydroxylation is 1. The van der Waals surface area contributed by atoms with Crippen molar-refractivity contribution in [2.45, 2.75) is 19.8 Å². The third-order valence-corrected chi connectivity index (χ3v) is 1.87. The second-order valence-corrected chi connectivity index (χ2v) is 2.80. The lowest BCUT2D eigenvalue weighted by molar-refractivity contribution is 0.504. The van der Waals surface area contributed by atoms with Crippen molar-refractivity contribution < 1.29 is 4.42 Å². The number of halogens is 1. The highest BCUT2D eigenvalue weighted by molar-refractivity contribution is 9.10. The average molecular weight is 189 g/mol. The van der Waals surface area contributed by atoms with Gasteiger partial charge in [0.2, 0.25) is 0 Å². The summed E-state index contributed by atoms with van der Waals surface area (Å²) in [5, 5.41) is 0. The number of hydrogen-bond acceptors (Lipinski definition) is 1. The Hall–Kier alpha value is -0.240. The van der Waals surface area contributed by atoms with Crippen LogP contribution in [0.15, 0.2) is 21.2 Å². The van der Waals surface area contributed by atoms with Crippen LogP contribution < -0.4 is 0 Å². The maximum absolute atomic E-state index is 5.16. The van der Waals surface area contributed by atoms with Crippen molar-refractivity contribution in [2.24, 2.45) is 0 Å². The lowest BCUT2D eigenvalue weighted by Gasteiger charge is -1.90. The van der Waals surface area contributed by atoms with Crippen LogP contribution in [-0.2, 0) is 6.42 Å². The van der Waals surface area contributed by atoms with Crippen LogP contribution in [0.5, 0.6) is 0 Å². The van der Waals surface area contributed by atoms with Crippen molar-refractivity contribution in [1.29, 1.82) is 0 Å². The van der Waals surface area contributed by atoms with Crippen LogP contribution in [0.2, 0.25) is 0 Å². The first-order valence-corrected chi connectivity index (χ1v) is 3.85. The molecule has 1 rings (SSSR count). The van der Waals surface area contributed by atoms with E-state index in [9.17, 15) is 0 Å². The second-order valence-electron chi connectivity index (χ2n) is 1.94. The molecule has 1 nitrogen and oxygen atoms in total. The molecule has 0 spiro atoms. The summed E-state index contributed by atoms with van der Waals surface area (Å²) in [5.74, 6) is 1.05. The Morgan fingerprint density at radius 2 is 2.44 bits per heavy atom. The number of furan rings is 1. The van der Waals surface area contributed by atoms with Crippen LogP contribution >= 0.6 is 15.9 Å². The largest absolute Gasteiger partial charge is 0.468 e. The van der Waals surface area contributed by atoms with Crippen LogP contribution in [0.1, 0.15) is 19.1 Å². The van der Waals surface area contributed by atoms with E-state index in [-0.39, 0.29) is 0 Å². The Kier molecular flexibility index (Phi) is 2.34. The van der Waals surface area contributed by atoms with E-state index in [1.165, 1.54) is 0 Å². The first-order chi connectivity index (χ1) is 4.34. The zero-order chi connectivity index (χ0) is 6.69. The third-order valence-electron chi connectivity index (χ3n) is 1.17. The summed E-state index contributed by atoms with van der Waals surface area (Å²) >= 11 is 3.37. The summed E-state index contributed by atoms with van der Waals surface area (Å²) in [6.07, 6.45) is 3.86. The molecule has 0 aliphatic rings. The van der Waals surface area contributed by atoms with E-state index >= 15 is 0 Å². The summed E-state index contributed by atoms with van der Waals surface area (Å²) in [5.41, 5.74) is 0. The van der Waals surface area contributed by atoms with Gasteiger partial charge in [0.15, 0.2) is 0 Å². The van der Waals surface area contributed by atoms with Gasteiger partial charge < -0.3 is 4.42 Å². The summed E-state index contributed by atoms with van der Waals surface area (Å²) in [7, 11) is 0. The average Bonchev–Trinajstić information content (AvgIpc) is 2.18. The normalized spacial score (nSPS) is 10.0. The molecule has 1 aromatic heterocycles. The van der Waals surface area contributed by atoms with Crippen molar-refractivity contribution in [3.63, 3.8) is 0 Å². The van der Waals surface area contributed by atoms with Gasteiger partial charge in [-0.1, -0.05) is 6.92 Å². The van der Waals surface area contributed by atoms with Crippen LogP contribution in [0.25, 0.3) is 0 Å². The van der Waals surface area contributed by atoms with Crippen molar-refractivity contribution in [3.8, 4) is 0 Å². The quantitative estimate of drug-likeness (QED) is 0.696. The van der Waals surface area contributed by atoms with E-state index in [1.807, 2.05) is 6.07 Å². The molecule has 50 valence electrons. The smallest absolute Gasteiger partial charge is 0.117 e. The Balaban J connectivity index is 2.69. The minimum absolute atomic E-state index is 1.02.